The van der Waals surface area contributed by atoms with Crippen LogP contribution in [0, 0.1) is 5.82 Å². The summed E-state index contributed by atoms with van der Waals surface area (Å²) in [6, 6.07) is 5.04. The van der Waals surface area contributed by atoms with Crippen molar-refractivity contribution in [2.75, 3.05) is 55.8 Å². The second-order valence-corrected chi connectivity index (χ2v) is 12.2. The standard InChI is InChI=1S/C26H30FN7O3S/c1-28-38(36,37)31-21-8-15(11-30-24(21)34-13-16(14-34)32(2)3)17-9-18-20(10-19(17)27)29-12-22-23(18)26(6-5-7-26)25(35)33(22)4/h8-12,16,28,31H,5-7,13-14H2,1-4H3. The minimum Gasteiger partial charge on any atom is -0.352 e. The quantitative estimate of drug-likeness (QED) is 0.495. The van der Waals surface area contributed by atoms with Crippen LogP contribution in [0.4, 0.5) is 21.6 Å². The number of nitrogens with one attached hydrogen (secondary N) is 2. The summed E-state index contributed by atoms with van der Waals surface area (Å²) < 4.78 is 45.1. The van der Waals surface area contributed by atoms with Gasteiger partial charge >= 0.3 is 0 Å². The predicted octanol–water partition coefficient (Wildman–Crippen LogP) is 2.46. The van der Waals surface area contributed by atoms with Crippen LogP contribution in [0.3, 0.4) is 0 Å². The molecule has 0 unspecified atom stereocenters. The molecule has 0 bridgehead atoms. The van der Waals surface area contributed by atoms with Crippen LogP contribution in [0.25, 0.3) is 22.0 Å². The number of anilines is 3. The average molecular weight is 540 g/mol. The van der Waals surface area contributed by atoms with E-state index in [1.165, 1.54) is 13.1 Å². The second kappa shape index (κ2) is 8.58. The van der Waals surface area contributed by atoms with Gasteiger partial charge in [-0.3, -0.25) is 14.5 Å². The van der Waals surface area contributed by atoms with Gasteiger partial charge in [-0.2, -0.15) is 8.42 Å². The molecule has 3 aliphatic rings. The molecular formula is C26H30FN7O3S. The fourth-order valence-corrected chi connectivity index (χ4v) is 6.34. The summed E-state index contributed by atoms with van der Waals surface area (Å²) in [5.74, 6) is 0.0354. The highest BCUT2D eigenvalue weighted by molar-refractivity contribution is 7.90. The Morgan fingerprint density at radius 3 is 2.50 bits per heavy atom. The molecule has 0 atom stereocenters. The van der Waals surface area contributed by atoms with Gasteiger partial charge < -0.3 is 14.7 Å². The molecule has 1 spiro atoms. The summed E-state index contributed by atoms with van der Waals surface area (Å²) in [4.78, 5) is 27.9. The van der Waals surface area contributed by atoms with Crippen LogP contribution < -0.4 is 19.2 Å². The number of nitrogens with zero attached hydrogens (tertiary/aromatic N) is 5. The number of benzene rings is 1. The van der Waals surface area contributed by atoms with Crippen molar-refractivity contribution in [3.05, 3.63) is 42.0 Å². The number of amides is 1. The Bertz CT molecular complexity index is 1580. The largest absolute Gasteiger partial charge is 0.352 e. The maximum Gasteiger partial charge on any atom is 0.298 e. The zero-order valence-corrected chi connectivity index (χ0v) is 22.6. The number of carbonyl (C=O) groups is 1. The van der Waals surface area contributed by atoms with Gasteiger partial charge in [0, 0.05) is 67.6 Å². The Kier molecular flexibility index (Phi) is 5.64. The first kappa shape index (κ1) is 25.0. The summed E-state index contributed by atoms with van der Waals surface area (Å²) in [5.41, 5.74) is 2.50. The Morgan fingerprint density at radius 2 is 1.87 bits per heavy atom. The lowest BCUT2D eigenvalue weighted by atomic mass is 9.64. The average Bonchev–Trinajstić information content (AvgIpc) is 3.05. The summed E-state index contributed by atoms with van der Waals surface area (Å²) in [7, 11) is 3.22. The predicted molar refractivity (Wildman–Crippen MR) is 145 cm³/mol. The molecule has 2 aliphatic heterocycles. The third kappa shape index (κ3) is 3.65. The molecule has 6 rings (SSSR count). The highest BCUT2D eigenvalue weighted by atomic mass is 32.2. The zero-order chi connectivity index (χ0) is 27.0. The Hall–Kier alpha value is -3.35. The van der Waals surface area contributed by atoms with Gasteiger partial charge in [-0.15, -0.1) is 0 Å². The van der Waals surface area contributed by atoms with E-state index in [0.29, 0.717) is 36.0 Å². The van der Waals surface area contributed by atoms with Crippen molar-refractivity contribution in [1.29, 1.82) is 0 Å². The molecule has 3 aromatic rings. The van der Waals surface area contributed by atoms with Crippen LogP contribution in [0.5, 0.6) is 0 Å². The summed E-state index contributed by atoms with van der Waals surface area (Å²) in [6.07, 6.45) is 5.68. The van der Waals surface area contributed by atoms with Crippen molar-refractivity contribution in [3.63, 3.8) is 0 Å². The maximum atomic E-state index is 15.5. The first-order valence-electron chi connectivity index (χ1n) is 12.6. The minimum atomic E-state index is -3.84. The number of fused-ring (bicyclic) bond motifs is 4. The fourth-order valence-electron chi connectivity index (χ4n) is 5.80. The first-order valence-corrected chi connectivity index (χ1v) is 14.1. The molecule has 12 heteroatoms. The molecule has 1 aliphatic carbocycles. The number of aromatic nitrogens is 2. The van der Waals surface area contributed by atoms with Crippen LogP contribution in [0.15, 0.2) is 30.6 Å². The van der Waals surface area contributed by atoms with E-state index in [0.717, 1.165) is 35.9 Å². The lowest BCUT2D eigenvalue weighted by Gasteiger charge is -2.44. The number of hydrogen-bond donors (Lipinski definition) is 2. The Labute approximate surface area is 221 Å². The van der Waals surface area contributed by atoms with Crippen molar-refractivity contribution >= 4 is 44.2 Å². The molecule has 38 heavy (non-hydrogen) atoms. The van der Waals surface area contributed by atoms with Crippen LogP contribution in [-0.2, 0) is 20.4 Å². The molecule has 1 saturated heterocycles. The molecular weight excluding hydrogens is 509 g/mol. The first-order chi connectivity index (χ1) is 18.0. The SMILES string of the molecule is CNS(=O)(=O)Nc1cc(-c2cc3c4c(cnc3cc2F)N(C)C(=O)C42CCC2)cnc1N1CC(N(C)C)C1. The van der Waals surface area contributed by atoms with Crippen molar-refractivity contribution < 1.29 is 17.6 Å². The molecule has 1 amide bonds. The van der Waals surface area contributed by atoms with Crippen molar-refractivity contribution in [3.8, 4) is 11.1 Å². The monoisotopic (exact) mass is 539 g/mol. The molecule has 1 saturated carbocycles. The van der Waals surface area contributed by atoms with E-state index >= 15 is 4.39 Å². The third-order valence-electron chi connectivity index (χ3n) is 8.28. The van der Waals surface area contributed by atoms with E-state index < -0.39 is 21.4 Å². The smallest absolute Gasteiger partial charge is 0.298 e. The van der Waals surface area contributed by atoms with Gasteiger partial charge in [0.2, 0.25) is 5.91 Å². The van der Waals surface area contributed by atoms with Gasteiger partial charge in [0.15, 0.2) is 5.82 Å². The van der Waals surface area contributed by atoms with Gasteiger partial charge in [0.1, 0.15) is 5.82 Å². The highest BCUT2D eigenvalue weighted by Crippen LogP contribution is 2.55. The highest BCUT2D eigenvalue weighted by Gasteiger charge is 2.54. The molecule has 2 N–H and O–H groups in total. The van der Waals surface area contributed by atoms with Gasteiger partial charge in [-0.25, -0.2) is 14.1 Å². The second-order valence-electron chi connectivity index (χ2n) is 10.6. The normalized spacial score (nSPS) is 18.7. The number of pyridine rings is 2. The van der Waals surface area contributed by atoms with Gasteiger partial charge in [0.05, 0.1) is 28.5 Å². The van der Waals surface area contributed by atoms with E-state index in [1.54, 1.807) is 36.5 Å². The number of halogens is 1. The van der Waals surface area contributed by atoms with Gasteiger partial charge in [-0.05, 0) is 39.1 Å². The number of carbonyl (C=O) groups excluding carboxylic acids is 1. The summed E-state index contributed by atoms with van der Waals surface area (Å²) in [5, 5.41) is 0.731. The molecule has 2 aromatic heterocycles. The van der Waals surface area contributed by atoms with Crippen LogP contribution >= 0.6 is 0 Å². The molecule has 4 heterocycles. The third-order valence-corrected chi connectivity index (χ3v) is 9.31. The van der Waals surface area contributed by atoms with Crippen LogP contribution in [0.2, 0.25) is 0 Å². The lowest BCUT2D eigenvalue weighted by Crippen LogP contribution is -2.58. The summed E-state index contributed by atoms with van der Waals surface area (Å²) in [6.45, 7) is 1.39. The minimum absolute atomic E-state index is 0.0549. The van der Waals surface area contributed by atoms with E-state index in [1.807, 2.05) is 19.0 Å². The number of rotatable bonds is 6. The van der Waals surface area contributed by atoms with E-state index in [9.17, 15) is 13.2 Å². The van der Waals surface area contributed by atoms with Crippen molar-refractivity contribution in [2.45, 2.75) is 30.7 Å². The lowest BCUT2D eigenvalue weighted by molar-refractivity contribution is -0.125. The van der Waals surface area contributed by atoms with Gasteiger partial charge in [0.25, 0.3) is 10.2 Å². The van der Waals surface area contributed by atoms with Gasteiger partial charge in [-0.1, -0.05) is 6.42 Å². The number of hydrogen-bond acceptors (Lipinski definition) is 7. The molecule has 200 valence electrons. The molecule has 1 aromatic carbocycles. The molecule has 10 nitrogen and oxygen atoms in total. The van der Waals surface area contributed by atoms with Crippen molar-refractivity contribution in [1.82, 2.24) is 19.6 Å². The van der Waals surface area contributed by atoms with Crippen LogP contribution in [-0.4, -0.2) is 76.5 Å². The maximum absolute atomic E-state index is 15.5. The van der Waals surface area contributed by atoms with E-state index in [4.69, 9.17) is 0 Å². The molecule has 0 radical (unpaired) electrons. The van der Waals surface area contributed by atoms with E-state index in [2.05, 4.69) is 24.3 Å². The Balaban J connectivity index is 1.48. The molecule has 2 fully saturated rings. The van der Waals surface area contributed by atoms with Crippen molar-refractivity contribution in [2.24, 2.45) is 0 Å². The zero-order valence-electron chi connectivity index (χ0n) is 21.7. The Morgan fingerprint density at radius 1 is 1.13 bits per heavy atom. The fraction of sp³-hybridized carbons (Fsp3) is 0.423. The summed E-state index contributed by atoms with van der Waals surface area (Å²) >= 11 is 0. The number of likely N-dealkylation sites (N-methyl/N-ethyl adjacent to an activating group) is 2. The topological polar surface area (TPSA) is 111 Å². The van der Waals surface area contributed by atoms with E-state index in [-0.39, 0.29) is 17.2 Å². The van der Waals surface area contributed by atoms with Crippen LogP contribution in [0.1, 0.15) is 24.8 Å².